The molecule has 0 atom stereocenters. The molecule has 4 rings (SSSR count). The number of nitrogens with one attached hydrogen (secondary N) is 2. The van der Waals surface area contributed by atoms with Crippen LogP contribution in [0.15, 0.2) is 63.8 Å². The van der Waals surface area contributed by atoms with Crippen molar-refractivity contribution in [3.05, 3.63) is 59.6 Å². The van der Waals surface area contributed by atoms with E-state index in [0.717, 1.165) is 30.6 Å². The third-order valence-electron chi connectivity index (χ3n) is 5.44. The average Bonchev–Trinajstić information content (AvgIpc) is 3.36. The number of carbonyl (C=O) groups excluding carboxylic acids is 1. The lowest BCUT2D eigenvalue weighted by molar-refractivity contribution is 0.102. The summed E-state index contributed by atoms with van der Waals surface area (Å²) in [4.78, 5) is 16.9. The number of anilines is 2. The second kappa shape index (κ2) is 10.3. The van der Waals surface area contributed by atoms with Gasteiger partial charge in [-0.1, -0.05) is 6.42 Å². The van der Waals surface area contributed by atoms with Crippen LogP contribution in [0.4, 0.5) is 10.8 Å². The highest BCUT2D eigenvalue weighted by atomic mass is 32.2. The van der Waals surface area contributed by atoms with Crippen LogP contribution < -0.4 is 14.8 Å². The van der Waals surface area contributed by atoms with Gasteiger partial charge in [0.1, 0.15) is 5.75 Å². The maximum absolute atomic E-state index is 13.1. The van der Waals surface area contributed by atoms with Gasteiger partial charge in [0.2, 0.25) is 10.0 Å². The van der Waals surface area contributed by atoms with Crippen LogP contribution in [0.2, 0.25) is 0 Å². The molecule has 186 valence electrons. The number of sulfonamides is 2. The highest BCUT2D eigenvalue weighted by Gasteiger charge is 2.27. The Kier molecular flexibility index (Phi) is 7.40. The zero-order chi connectivity index (χ0) is 25.1. The normalized spacial score (nSPS) is 14.9. The number of aromatic nitrogens is 1. The second-order valence-corrected chi connectivity index (χ2v) is 12.3. The number of thiazole rings is 1. The van der Waals surface area contributed by atoms with E-state index in [1.165, 1.54) is 60.1 Å². The van der Waals surface area contributed by atoms with E-state index in [1.54, 1.807) is 5.38 Å². The Morgan fingerprint density at radius 2 is 1.69 bits per heavy atom. The van der Waals surface area contributed by atoms with Gasteiger partial charge < -0.3 is 10.1 Å². The minimum Gasteiger partial charge on any atom is -0.496 e. The molecule has 1 aliphatic heterocycles. The molecule has 1 saturated heterocycles. The van der Waals surface area contributed by atoms with Gasteiger partial charge in [0.05, 0.1) is 22.5 Å². The van der Waals surface area contributed by atoms with Gasteiger partial charge in [-0.05, 0) is 55.3 Å². The first-order valence-electron chi connectivity index (χ1n) is 10.7. The summed E-state index contributed by atoms with van der Waals surface area (Å²) in [6.45, 7) is 0.894. The molecule has 2 N–H and O–H groups in total. The van der Waals surface area contributed by atoms with Crippen molar-refractivity contribution < 1.29 is 26.4 Å². The van der Waals surface area contributed by atoms with Gasteiger partial charge in [-0.3, -0.25) is 9.52 Å². The number of amides is 1. The quantitative estimate of drug-likeness (QED) is 0.451. The maximum atomic E-state index is 13.1. The van der Waals surface area contributed by atoms with Crippen LogP contribution in [-0.2, 0) is 20.0 Å². The van der Waals surface area contributed by atoms with Crippen molar-refractivity contribution in [2.45, 2.75) is 29.1 Å². The predicted molar refractivity (Wildman–Crippen MR) is 133 cm³/mol. The van der Waals surface area contributed by atoms with Crippen molar-refractivity contribution in [1.82, 2.24) is 9.29 Å². The Morgan fingerprint density at radius 3 is 2.31 bits per heavy atom. The Hall–Kier alpha value is -3.00. The number of carbonyl (C=O) groups is 1. The molecule has 13 heteroatoms. The van der Waals surface area contributed by atoms with E-state index in [-0.39, 0.29) is 26.2 Å². The van der Waals surface area contributed by atoms with E-state index in [9.17, 15) is 21.6 Å². The number of nitrogens with zero attached hydrogens (tertiary/aromatic N) is 2. The van der Waals surface area contributed by atoms with E-state index >= 15 is 0 Å². The average molecular weight is 537 g/mol. The fraction of sp³-hybridized carbons (Fsp3) is 0.273. The molecule has 1 amide bonds. The second-order valence-electron chi connectivity index (χ2n) is 7.75. The first-order valence-corrected chi connectivity index (χ1v) is 14.5. The summed E-state index contributed by atoms with van der Waals surface area (Å²) >= 11 is 1.15. The summed E-state index contributed by atoms with van der Waals surface area (Å²) in [5.41, 5.74) is 0.377. The lowest BCUT2D eigenvalue weighted by Gasteiger charge is -2.26. The van der Waals surface area contributed by atoms with Gasteiger partial charge >= 0.3 is 0 Å². The zero-order valence-electron chi connectivity index (χ0n) is 18.8. The molecule has 0 saturated carbocycles. The lowest BCUT2D eigenvalue weighted by atomic mass is 10.2. The largest absolute Gasteiger partial charge is 0.496 e. The Bertz CT molecular complexity index is 1400. The van der Waals surface area contributed by atoms with Crippen LogP contribution >= 0.6 is 11.3 Å². The first-order chi connectivity index (χ1) is 16.7. The van der Waals surface area contributed by atoms with E-state index in [0.29, 0.717) is 18.8 Å². The lowest BCUT2D eigenvalue weighted by Crippen LogP contribution is -2.35. The standard InChI is InChI=1S/C22H24N4O6S3/c1-32-20-10-9-18(35(30,31)26-12-3-2-4-13-26)15-19(20)21(27)24-16-5-7-17(8-6-16)34(28,29)25-22-23-11-14-33-22/h5-11,14-15H,2-4,12-13H2,1H3,(H,23,25)(H,24,27). The molecular weight excluding hydrogens is 512 g/mol. The van der Waals surface area contributed by atoms with Gasteiger partial charge in [-0.25, -0.2) is 21.8 Å². The van der Waals surface area contributed by atoms with Crippen LogP contribution in [0, 0.1) is 0 Å². The smallest absolute Gasteiger partial charge is 0.263 e. The number of ether oxygens (including phenoxy) is 1. The van der Waals surface area contributed by atoms with Crippen LogP contribution in [0.25, 0.3) is 0 Å². The zero-order valence-corrected chi connectivity index (χ0v) is 21.2. The predicted octanol–water partition coefficient (Wildman–Crippen LogP) is 3.38. The third-order valence-corrected chi connectivity index (χ3v) is 9.51. The number of rotatable bonds is 8. The summed E-state index contributed by atoms with van der Waals surface area (Å²) < 4.78 is 60.2. The van der Waals surface area contributed by atoms with Gasteiger partial charge in [0.15, 0.2) is 5.13 Å². The molecule has 35 heavy (non-hydrogen) atoms. The van der Waals surface area contributed by atoms with Gasteiger partial charge in [0.25, 0.3) is 15.9 Å². The monoisotopic (exact) mass is 536 g/mol. The first kappa shape index (κ1) is 25.1. The molecule has 0 spiro atoms. The van der Waals surface area contributed by atoms with Crippen molar-refractivity contribution in [1.29, 1.82) is 0 Å². The summed E-state index contributed by atoms with van der Waals surface area (Å²) in [5.74, 6) is -0.374. The summed E-state index contributed by atoms with van der Waals surface area (Å²) in [6, 6.07) is 9.75. The highest BCUT2D eigenvalue weighted by molar-refractivity contribution is 7.93. The molecule has 1 aliphatic rings. The number of methoxy groups -OCH3 is 1. The van der Waals surface area contributed by atoms with E-state index in [2.05, 4.69) is 15.0 Å². The molecule has 0 bridgehead atoms. The van der Waals surface area contributed by atoms with Crippen LogP contribution in [0.5, 0.6) is 5.75 Å². The highest BCUT2D eigenvalue weighted by Crippen LogP contribution is 2.27. The van der Waals surface area contributed by atoms with Gasteiger partial charge in [-0.2, -0.15) is 4.31 Å². The van der Waals surface area contributed by atoms with Crippen molar-refractivity contribution in [3.63, 3.8) is 0 Å². The SMILES string of the molecule is COc1ccc(S(=O)(=O)N2CCCCC2)cc1C(=O)Nc1ccc(S(=O)(=O)Nc2nccs2)cc1. The van der Waals surface area contributed by atoms with Crippen molar-refractivity contribution in [2.75, 3.05) is 30.2 Å². The molecule has 0 aliphatic carbocycles. The van der Waals surface area contributed by atoms with E-state index in [1.807, 2.05) is 0 Å². The number of hydrogen-bond donors (Lipinski definition) is 2. The Labute approximate surface area is 208 Å². The number of piperidine rings is 1. The summed E-state index contributed by atoms with van der Waals surface area (Å²) in [5, 5.41) is 4.56. The molecule has 3 aromatic rings. The van der Waals surface area contributed by atoms with E-state index in [4.69, 9.17) is 4.74 Å². The van der Waals surface area contributed by atoms with Gasteiger partial charge in [0, 0.05) is 30.4 Å². The van der Waals surface area contributed by atoms with Crippen molar-refractivity contribution in [3.8, 4) is 5.75 Å². The van der Waals surface area contributed by atoms with Crippen molar-refractivity contribution in [2.24, 2.45) is 0 Å². The molecule has 1 aromatic heterocycles. The van der Waals surface area contributed by atoms with Crippen LogP contribution in [-0.4, -0.2) is 52.2 Å². The number of hydrogen-bond acceptors (Lipinski definition) is 8. The minimum absolute atomic E-state index is 0.00194. The topological polar surface area (TPSA) is 135 Å². The molecule has 0 radical (unpaired) electrons. The minimum atomic E-state index is -3.83. The molecule has 2 aromatic carbocycles. The molecule has 10 nitrogen and oxygen atoms in total. The molecule has 2 heterocycles. The number of benzene rings is 2. The Morgan fingerprint density at radius 1 is 1.00 bits per heavy atom. The van der Waals surface area contributed by atoms with Crippen molar-refractivity contribution >= 4 is 48.1 Å². The fourth-order valence-electron chi connectivity index (χ4n) is 3.64. The van der Waals surface area contributed by atoms with E-state index < -0.39 is 26.0 Å². The maximum Gasteiger partial charge on any atom is 0.263 e. The fourth-order valence-corrected chi connectivity index (χ4v) is 6.98. The summed E-state index contributed by atoms with van der Waals surface area (Å²) in [7, 11) is -6.18. The third kappa shape index (κ3) is 5.64. The molecule has 0 unspecified atom stereocenters. The molecular formula is C22H24N4O6S3. The molecule has 1 fully saturated rings. The summed E-state index contributed by atoms with van der Waals surface area (Å²) in [6.07, 6.45) is 4.08. The van der Waals surface area contributed by atoms with Gasteiger partial charge in [-0.15, -0.1) is 11.3 Å². The van der Waals surface area contributed by atoms with Crippen LogP contribution in [0.3, 0.4) is 0 Å². The van der Waals surface area contributed by atoms with Crippen LogP contribution in [0.1, 0.15) is 29.6 Å². The Balaban J connectivity index is 1.53.